The van der Waals surface area contributed by atoms with Gasteiger partial charge in [0.15, 0.2) is 11.4 Å². The molecule has 1 aliphatic rings. The Bertz CT molecular complexity index is 490. The maximum Gasteiger partial charge on any atom is 0.176 e. The van der Waals surface area contributed by atoms with E-state index in [1.807, 2.05) is 6.07 Å². The van der Waals surface area contributed by atoms with Gasteiger partial charge in [0.05, 0.1) is 6.33 Å². The predicted octanol–water partition coefficient (Wildman–Crippen LogP) is 1.50. The second-order valence-electron chi connectivity index (χ2n) is 4.78. The van der Waals surface area contributed by atoms with E-state index in [-0.39, 0.29) is 5.69 Å². The lowest BCUT2D eigenvalue weighted by Crippen LogP contribution is -2.36. The van der Waals surface area contributed by atoms with Crippen molar-refractivity contribution < 1.29 is 0 Å². The first kappa shape index (κ1) is 12.6. The first-order chi connectivity index (χ1) is 8.76. The van der Waals surface area contributed by atoms with Crippen LogP contribution in [0.3, 0.4) is 0 Å². The summed E-state index contributed by atoms with van der Waals surface area (Å²) in [4.78, 5) is 6.34. The van der Waals surface area contributed by atoms with Gasteiger partial charge in [-0.25, -0.2) is 4.98 Å². The molecule has 0 radical (unpaired) electrons. The highest BCUT2D eigenvalue weighted by atomic mass is 15.1. The van der Waals surface area contributed by atoms with Crippen LogP contribution >= 0.6 is 0 Å². The molecule has 1 fully saturated rings. The molecule has 0 amide bonds. The van der Waals surface area contributed by atoms with E-state index in [9.17, 15) is 0 Å². The van der Waals surface area contributed by atoms with Gasteiger partial charge in [-0.05, 0) is 32.9 Å². The summed E-state index contributed by atoms with van der Waals surface area (Å²) >= 11 is 0. The zero-order chi connectivity index (χ0) is 13.0. The quantitative estimate of drug-likeness (QED) is 0.806. The third-order valence-corrected chi connectivity index (χ3v) is 3.67. The van der Waals surface area contributed by atoms with Crippen molar-refractivity contribution in [1.29, 1.82) is 10.5 Å². The van der Waals surface area contributed by atoms with Crippen LogP contribution in [0, 0.1) is 22.7 Å². The molecule has 0 spiro atoms. The third-order valence-electron chi connectivity index (χ3n) is 3.67. The summed E-state index contributed by atoms with van der Waals surface area (Å²) in [6, 6.07) is 4.59. The van der Waals surface area contributed by atoms with Gasteiger partial charge in [0.25, 0.3) is 0 Å². The largest absolute Gasteiger partial charge is 0.321 e. The summed E-state index contributed by atoms with van der Waals surface area (Å²) in [5.74, 6) is 0. The van der Waals surface area contributed by atoms with Crippen LogP contribution in [0.1, 0.15) is 37.1 Å². The van der Waals surface area contributed by atoms with E-state index in [1.165, 1.54) is 19.3 Å². The summed E-state index contributed by atoms with van der Waals surface area (Å²) in [7, 11) is 2.16. The van der Waals surface area contributed by atoms with E-state index in [0.29, 0.717) is 11.7 Å². The van der Waals surface area contributed by atoms with Crippen LogP contribution in [0.2, 0.25) is 0 Å². The Hall–Kier alpha value is -1.85. The van der Waals surface area contributed by atoms with Crippen molar-refractivity contribution in [2.75, 3.05) is 13.6 Å². The van der Waals surface area contributed by atoms with Gasteiger partial charge in [-0.3, -0.25) is 0 Å². The molecule has 2 rings (SSSR count). The average Bonchev–Trinajstić information content (AvgIpc) is 2.79. The summed E-state index contributed by atoms with van der Waals surface area (Å²) in [5, 5.41) is 17.9. The monoisotopic (exact) mass is 243 g/mol. The van der Waals surface area contributed by atoms with E-state index in [2.05, 4.69) is 23.0 Å². The van der Waals surface area contributed by atoms with Crippen molar-refractivity contribution >= 4 is 0 Å². The molecule has 0 bridgehead atoms. The van der Waals surface area contributed by atoms with E-state index < -0.39 is 0 Å². The van der Waals surface area contributed by atoms with Crippen molar-refractivity contribution in [3.63, 3.8) is 0 Å². The number of likely N-dealkylation sites (tertiary alicyclic amines) is 1. The molecule has 0 N–H and O–H groups in total. The molecule has 0 saturated carbocycles. The second-order valence-corrected chi connectivity index (χ2v) is 4.78. The highest BCUT2D eigenvalue weighted by Crippen LogP contribution is 2.19. The van der Waals surface area contributed by atoms with E-state index in [0.717, 1.165) is 19.5 Å². The SMILES string of the molecule is CN1CCCCC1CCn1cnc(C#N)c1C#N. The molecule has 5 nitrogen and oxygen atoms in total. The zero-order valence-electron chi connectivity index (χ0n) is 10.6. The van der Waals surface area contributed by atoms with Crippen molar-refractivity contribution in [1.82, 2.24) is 14.5 Å². The van der Waals surface area contributed by atoms with Gasteiger partial charge in [-0.15, -0.1) is 0 Å². The Labute approximate surface area is 107 Å². The molecule has 18 heavy (non-hydrogen) atoms. The fourth-order valence-corrected chi connectivity index (χ4v) is 2.55. The Balaban J connectivity index is 2.00. The lowest BCUT2D eigenvalue weighted by atomic mass is 10.0. The predicted molar refractivity (Wildman–Crippen MR) is 66.5 cm³/mol. The molecule has 0 aliphatic carbocycles. The normalized spacial score (nSPS) is 20.3. The number of aryl methyl sites for hydroxylation is 1. The average molecular weight is 243 g/mol. The number of rotatable bonds is 3. The number of nitriles is 2. The molecule has 94 valence electrons. The minimum absolute atomic E-state index is 0.231. The van der Waals surface area contributed by atoms with Crippen LogP contribution in [0.15, 0.2) is 6.33 Å². The Morgan fingerprint density at radius 2 is 2.22 bits per heavy atom. The van der Waals surface area contributed by atoms with Gasteiger partial charge in [0.1, 0.15) is 12.1 Å². The lowest BCUT2D eigenvalue weighted by Gasteiger charge is -2.32. The van der Waals surface area contributed by atoms with Crippen molar-refractivity contribution in [3.8, 4) is 12.1 Å². The highest BCUT2D eigenvalue weighted by Gasteiger charge is 2.19. The van der Waals surface area contributed by atoms with Gasteiger partial charge in [-0.1, -0.05) is 6.42 Å². The smallest absolute Gasteiger partial charge is 0.176 e. The summed E-state index contributed by atoms with van der Waals surface area (Å²) in [6.07, 6.45) is 6.39. The minimum atomic E-state index is 0.231. The molecule has 1 aliphatic heterocycles. The van der Waals surface area contributed by atoms with Crippen LogP contribution < -0.4 is 0 Å². The van der Waals surface area contributed by atoms with Gasteiger partial charge in [0.2, 0.25) is 0 Å². The molecule has 1 saturated heterocycles. The van der Waals surface area contributed by atoms with Crippen molar-refractivity contribution in [2.24, 2.45) is 0 Å². The second kappa shape index (κ2) is 5.66. The number of imidazole rings is 1. The van der Waals surface area contributed by atoms with E-state index in [1.54, 1.807) is 10.9 Å². The standard InChI is InChI=1S/C13H17N5/c1-17-6-3-2-4-11(17)5-7-18-10-16-12(8-14)13(18)9-15/h10-11H,2-7H2,1H3. The van der Waals surface area contributed by atoms with Crippen LogP contribution in [0.25, 0.3) is 0 Å². The number of aromatic nitrogens is 2. The summed E-state index contributed by atoms with van der Waals surface area (Å²) in [5.41, 5.74) is 0.616. The maximum absolute atomic E-state index is 9.04. The molecule has 1 atom stereocenters. The molecule has 5 heteroatoms. The van der Waals surface area contributed by atoms with E-state index in [4.69, 9.17) is 10.5 Å². The van der Waals surface area contributed by atoms with Crippen molar-refractivity contribution in [3.05, 3.63) is 17.7 Å². The molecular weight excluding hydrogens is 226 g/mol. The molecule has 1 aromatic rings. The lowest BCUT2D eigenvalue weighted by molar-refractivity contribution is 0.171. The maximum atomic E-state index is 9.04. The summed E-state index contributed by atoms with van der Waals surface area (Å²) < 4.78 is 1.79. The number of piperidine rings is 1. The van der Waals surface area contributed by atoms with E-state index >= 15 is 0 Å². The molecule has 1 aromatic heterocycles. The Morgan fingerprint density at radius 1 is 1.39 bits per heavy atom. The topological polar surface area (TPSA) is 68.6 Å². The fraction of sp³-hybridized carbons (Fsp3) is 0.615. The van der Waals surface area contributed by atoms with Crippen molar-refractivity contribution in [2.45, 2.75) is 38.3 Å². The Morgan fingerprint density at radius 3 is 2.89 bits per heavy atom. The van der Waals surface area contributed by atoms with Crippen LogP contribution in [-0.2, 0) is 6.54 Å². The number of hydrogen-bond acceptors (Lipinski definition) is 4. The molecule has 0 aromatic carbocycles. The number of hydrogen-bond donors (Lipinski definition) is 0. The van der Waals surface area contributed by atoms with Gasteiger partial charge in [0, 0.05) is 12.6 Å². The van der Waals surface area contributed by atoms with Gasteiger partial charge in [-0.2, -0.15) is 10.5 Å². The molecular formula is C13H17N5. The number of nitrogens with zero attached hydrogens (tertiary/aromatic N) is 5. The summed E-state index contributed by atoms with van der Waals surface area (Å²) in [6.45, 7) is 1.91. The first-order valence-electron chi connectivity index (χ1n) is 6.32. The highest BCUT2D eigenvalue weighted by molar-refractivity contribution is 5.35. The first-order valence-corrected chi connectivity index (χ1v) is 6.32. The zero-order valence-corrected chi connectivity index (χ0v) is 10.6. The Kier molecular flexibility index (Phi) is 3.96. The molecule has 2 heterocycles. The van der Waals surface area contributed by atoms with Crippen LogP contribution in [0.4, 0.5) is 0 Å². The minimum Gasteiger partial charge on any atom is -0.321 e. The van der Waals surface area contributed by atoms with Gasteiger partial charge >= 0.3 is 0 Å². The van der Waals surface area contributed by atoms with Crippen LogP contribution in [0.5, 0.6) is 0 Å². The van der Waals surface area contributed by atoms with Gasteiger partial charge < -0.3 is 9.47 Å². The van der Waals surface area contributed by atoms with Crippen LogP contribution in [-0.4, -0.2) is 34.1 Å². The molecule has 1 unspecified atom stereocenters. The third kappa shape index (κ3) is 2.52. The fourth-order valence-electron chi connectivity index (χ4n) is 2.55.